The van der Waals surface area contributed by atoms with Gasteiger partial charge in [-0.25, -0.2) is 8.42 Å². The van der Waals surface area contributed by atoms with E-state index in [9.17, 15) is 13.2 Å². The number of fused-ring (bicyclic) bond motifs is 2. The Bertz CT molecular complexity index is 1150. The topological polar surface area (TPSA) is 97.4 Å². The third-order valence-electron chi connectivity index (χ3n) is 5.46. The molecule has 31 heavy (non-hydrogen) atoms. The van der Waals surface area contributed by atoms with Crippen LogP contribution in [0.25, 0.3) is 0 Å². The van der Waals surface area contributed by atoms with Crippen molar-refractivity contribution in [2.45, 2.75) is 11.4 Å². The van der Waals surface area contributed by atoms with Gasteiger partial charge in [0.25, 0.3) is 5.91 Å². The van der Waals surface area contributed by atoms with Crippen molar-refractivity contribution in [1.29, 1.82) is 0 Å². The van der Waals surface area contributed by atoms with Crippen LogP contribution >= 0.6 is 11.6 Å². The second-order valence-electron chi connectivity index (χ2n) is 7.48. The standard InChI is InChI=1S/C20H20ClN3O6S/c21-14-8-15-17(28-11-20(25)22-15)9-19(14)31(26,27)24-5-3-23(4-6-24)10-13-1-2-16-18(7-13)30-12-29-16/h1-2,7-9H,3-6,10-12H2,(H,22,25). The zero-order chi connectivity index (χ0) is 21.6. The van der Waals surface area contributed by atoms with Crippen molar-refractivity contribution < 1.29 is 27.4 Å². The van der Waals surface area contributed by atoms with Gasteiger partial charge in [0.05, 0.1) is 10.7 Å². The van der Waals surface area contributed by atoms with Crippen molar-refractivity contribution in [3.63, 3.8) is 0 Å². The highest BCUT2D eigenvalue weighted by molar-refractivity contribution is 7.89. The molecule has 0 saturated carbocycles. The maximum absolute atomic E-state index is 13.2. The zero-order valence-electron chi connectivity index (χ0n) is 16.5. The van der Waals surface area contributed by atoms with Crippen LogP contribution in [-0.2, 0) is 21.4 Å². The lowest BCUT2D eigenvalue weighted by Gasteiger charge is -2.34. The van der Waals surface area contributed by atoms with Gasteiger partial charge in [0.1, 0.15) is 10.6 Å². The summed E-state index contributed by atoms with van der Waals surface area (Å²) in [6, 6.07) is 8.63. The largest absolute Gasteiger partial charge is 0.482 e. The Kier molecular flexibility index (Phi) is 5.17. The molecule has 0 unspecified atom stereocenters. The van der Waals surface area contributed by atoms with E-state index >= 15 is 0 Å². The number of benzene rings is 2. The van der Waals surface area contributed by atoms with Crippen molar-refractivity contribution in [3.05, 3.63) is 40.9 Å². The van der Waals surface area contributed by atoms with E-state index in [0.717, 1.165) is 17.1 Å². The molecule has 1 fully saturated rings. The van der Waals surface area contributed by atoms with Crippen LogP contribution in [0.1, 0.15) is 5.56 Å². The molecule has 3 aliphatic rings. The second kappa shape index (κ2) is 7.86. The lowest BCUT2D eigenvalue weighted by Crippen LogP contribution is -2.48. The number of piperazine rings is 1. The van der Waals surface area contributed by atoms with Gasteiger partial charge in [-0.3, -0.25) is 9.69 Å². The minimum absolute atomic E-state index is 0.0201. The Morgan fingerprint density at radius 3 is 2.55 bits per heavy atom. The number of rotatable bonds is 4. The van der Waals surface area contributed by atoms with Crippen molar-refractivity contribution in [1.82, 2.24) is 9.21 Å². The lowest BCUT2D eigenvalue weighted by atomic mass is 10.2. The summed E-state index contributed by atoms with van der Waals surface area (Å²) in [6.07, 6.45) is 0. The van der Waals surface area contributed by atoms with E-state index in [4.69, 9.17) is 25.8 Å². The van der Waals surface area contributed by atoms with E-state index in [0.29, 0.717) is 44.2 Å². The zero-order valence-corrected chi connectivity index (χ0v) is 18.0. The van der Waals surface area contributed by atoms with Crippen LogP contribution in [0.15, 0.2) is 35.2 Å². The molecular formula is C20H20ClN3O6S. The molecule has 3 heterocycles. The quantitative estimate of drug-likeness (QED) is 0.736. The molecule has 3 aliphatic heterocycles. The molecule has 0 bridgehead atoms. The normalized spacial score (nSPS) is 18.9. The Morgan fingerprint density at radius 1 is 0.968 bits per heavy atom. The highest BCUT2D eigenvalue weighted by atomic mass is 35.5. The number of halogens is 1. The summed E-state index contributed by atoms with van der Waals surface area (Å²) in [5.41, 5.74) is 1.45. The van der Waals surface area contributed by atoms with Gasteiger partial charge in [-0.2, -0.15) is 4.31 Å². The Balaban J connectivity index is 1.27. The monoisotopic (exact) mass is 465 g/mol. The maximum atomic E-state index is 13.2. The fraction of sp³-hybridized carbons (Fsp3) is 0.350. The predicted molar refractivity (Wildman–Crippen MR) is 112 cm³/mol. The molecule has 0 spiro atoms. The van der Waals surface area contributed by atoms with Gasteiger partial charge in [0, 0.05) is 38.8 Å². The number of carbonyl (C=O) groups is 1. The SMILES string of the molecule is O=C1COc2cc(S(=O)(=O)N3CCN(Cc4ccc5c(c4)OCO5)CC3)c(Cl)cc2N1. The number of carbonyl (C=O) groups excluding carboxylic acids is 1. The van der Waals surface area contributed by atoms with Gasteiger partial charge < -0.3 is 19.5 Å². The predicted octanol–water partition coefficient (Wildman–Crippen LogP) is 1.91. The van der Waals surface area contributed by atoms with Crippen LogP contribution in [0.2, 0.25) is 5.02 Å². The van der Waals surface area contributed by atoms with Gasteiger partial charge in [-0.1, -0.05) is 17.7 Å². The molecule has 1 amide bonds. The third kappa shape index (κ3) is 3.91. The van der Waals surface area contributed by atoms with E-state index in [2.05, 4.69) is 10.2 Å². The average Bonchev–Trinajstić information content (AvgIpc) is 3.21. The van der Waals surface area contributed by atoms with Crippen molar-refractivity contribution in [3.8, 4) is 17.2 Å². The van der Waals surface area contributed by atoms with Crippen LogP contribution < -0.4 is 19.5 Å². The van der Waals surface area contributed by atoms with Gasteiger partial charge in [-0.05, 0) is 23.8 Å². The van der Waals surface area contributed by atoms with E-state index < -0.39 is 10.0 Å². The first kappa shape index (κ1) is 20.4. The molecule has 9 nitrogen and oxygen atoms in total. The number of nitrogens with zero attached hydrogens (tertiary/aromatic N) is 2. The molecule has 2 aromatic carbocycles. The van der Waals surface area contributed by atoms with E-state index in [1.165, 1.54) is 16.4 Å². The molecule has 0 aromatic heterocycles. The Morgan fingerprint density at radius 2 is 1.74 bits per heavy atom. The number of hydrogen-bond acceptors (Lipinski definition) is 7. The summed E-state index contributed by atoms with van der Waals surface area (Å²) in [5.74, 6) is 1.46. The molecular weight excluding hydrogens is 446 g/mol. The Hall–Kier alpha value is -2.53. The van der Waals surface area contributed by atoms with E-state index in [-0.39, 0.29) is 29.2 Å². The summed E-state index contributed by atoms with van der Waals surface area (Å²) in [6.45, 7) is 2.63. The Labute approximate surface area is 184 Å². The first-order valence-corrected chi connectivity index (χ1v) is 11.6. The number of amides is 1. The van der Waals surface area contributed by atoms with Crippen LogP contribution in [0.3, 0.4) is 0 Å². The van der Waals surface area contributed by atoms with Gasteiger partial charge in [-0.15, -0.1) is 0 Å². The minimum atomic E-state index is -3.80. The highest BCUT2D eigenvalue weighted by Crippen LogP contribution is 2.37. The first-order chi connectivity index (χ1) is 14.9. The summed E-state index contributed by atoms with van der Waals surface area (Å²) in [5, 5.41) is 2.67. The molecule has 2 aromatic rings. The van der Waals surface area contributed by atoms with Crippen LogP contribution in [-0.4, -0.2) is 63.1 Å². The molecule has 1 N–H and O–H groups in total. The molecule has 0 radical (unpaired) electrons. The van der Waals surface area contributed by atoms with Gasteiger partial charge in [0.15, 0.2) is 18.1 Å². The van der Waals surface area contributed by atoms with Crippen LogP contribution in [0.5, 0.6) is 17.2 Å². The fourth-order valence-corrected chi connectivity index (χ4v) is 5.78. The average molecular weight is 466 g/mol. The first-order valence-electron chi connectivity index (χ1n) is 9.77. The fourth-order valence-electron chi connectivity index (χ4n) is 3.84. The molecule has 1 saturated heterocycles. The smallest absolute Gasteiger partial charge is 0.262 e. The molecule has 5 rings (SSSR count). The molecule has 164 valence electrons. The van der Waals surface area contributed by atoms with Crippen LogP contribution in [0, 0.1) is 0 Å². The molecule has 11 heteroatoms. The number of anilines is 1. The second-order valence-corrected chi connectivity index (χ2v) is 9.80. The van der Waals surface area contributed by atoms with Crippen molar-refractivity contribution in [2.75, 3.05) is 44.9 Å². The van der Waals surface area contributed by atoms with Crippen LogP contribution in [0.4, 0.5) is 5.69 Å². The molecule has 0 atom stereocenters. The number of ether oxygens (including phenoxy) is 3. The van der Waals surface area contributed by atoms with Gasteiger partial charge in [0.2, 0.25) is 16.8 Å². The van der Waals surface area contributed by atoms with Crippen molar-refractivity contribution in [2.24, 2.45) is 0 Å². The summed E-state index contributed by atoms with van der Waals surface area (Å²) in [4.78, 5) is 13.6. The summed E-state index contributed by atoms with van der Waals surface area (Å²) in [7, 11) is -3.80. The summed E-state index contributed by atoms with van der Waals surface area (Å²) >= 11 is 6.25. The number of hydrogen-bond donors (Lipinski definition) is 1. The summed E-state index contributed by atoms with van der Waals surface area (Å²) < 4.78 is 43.9. The third-order valence-corrected chi connectivity index (χ3v) is 7.82. The number of sulfonamides is 1. The molecule has 0 aliphatic carbocycles. The van der Waals surface area contributed by atoms with E-state index in [1.807, 2.05) is 18.2 Å². The van der Waals surface area contributed by atoms with Crippen molar-refractivity contribution >= 4 is 33.2 Å². The lowest BCUT2D eigenvalue weighted by molar-refractivity contribution is -0.118. The maximum Gasteiger partial charge on any atom is 0.262 e. The minimum Gasteiger partial charge on any atom is -0.482 e. The highest BCUT2D eigenvalue weighted by Gasteiger charge is 2.32. The van der Waals surface area contributed by atoms with E-state index in [1.54, 1.807) is 0 Å². The number of nitrogens with one attached hydrogen (secondary N) is 1. The van der Waals surface area contributed by atoms with Gasteiger partial charge >= 0.3 is 0 Å².